The van der Waals surface area contributed by atoms with Crippen LogP contribution in [0.4, 0.5) is 0 Å². The first-order valence-electron chi connectivity index (χ1n) is 3.26. The Morgan fingerprint density at radius 3 is 2.50 bits per heavy atom. The highest BCUT2D eigenvalue weighted by atomic mass is 35.6. The molecule has 0 radical (unpaired) electrons. The molecule has 0 aromatic rings. The van der Waals surface area contributed by atoms with E-state index in [4.69, 9.17) is 39.5 Å². The Morgan fingerprint density at radius 1 is 1.40 bits per heavy atom. The van der Waals surface area contributed by atoms with E-state index in [0.29, 0.717) is 6.42 Å². The van der Waals surface area contributed by atoms with Gasteiger partial charge in [0.05, 0.1) is 6.10 Å². The van der Waals surface area contributed by atoms with Crippen molar-refractivity contribution in [2.45, 2.75) is 29.2 Å². The molecule has 0 saturated carbocycles. The fraction of sp³-hybridized carbons (Fsp3) is 1.00. The summed E-state index contributed by atoms with van der Waals surface area (Å²) in [6.45, 7) is 0.811. The van der Waals surface area contributed by atoms with Crippen molar-refractivity contribution in [2.75, 3.05) is 6.61 Å². The maximum Gasteiger partial charge on any atom is 0.193 e. The van der Waals surface area contributed by atoms with Crippen molar-refractivity contribution in [2.24, 2.45) is 0 Å². The second-order valence-electron chi connectivity index (χ2n) is 2.45. The monoisotopic (exact) mass is 202 g/mol. The van der Waals surface area contributed by atoms with Crippen LogP contribution < -0.4 is 0 Å². The summed E-state index contributed by atoms with van der Waals surface area (Å²) in [7, 11) is 0. The molecule has 0 unspecified atom stereocenters. The van der Waals surface area contributed by atoms with Gasteiger partial charge >= 0.3 is 0 Å². The quantitative estimate of drug-likeness (QED) is 0.596. The van der Waals surface area contributed by atoms with Crippen LogP contribution in [0.2, 0.25) is 0 Å². The molecule has 10 heavy (non-hydrogen) atoms. The molecule has 1 aliphatic rings. The minimum absolute atomic E-state index is 0.160. The minimum Gasteiger partial charge on any atom is -0.378 e. The lowest BCUT2D eigenvalue weighted by atomic mass is 10.2. The van der Waals surface area contributed by atoms with Crippen LogP contribution in [0.3, 0.4) is 0 Å². The summed E-state index contributed by atoms with van der Waals surface area (Å²) in [4.78, 5) is 0. The van der Waals surface area contributed by atoms with Gasteiger partial charge in [-0.15, -0.1) is 0 Å². The second kappa shape index (κ2) is 3.48. The predicted octanol–water partition coefficient (Wildman–Crippen LogP) is 2.93. The Kier molecular flexibility index (Phi) is 3.11. The van der Waals surface area contributed by atoms with Crippen molar-refractivity contribution in [3.63, 3.8) is 0 Å². The fourth-order valence-electron chi connectivity index (χ4n) is 1.06. The summed E-state index contributed by atoms with van der Waals surface area (Å²) >= 11 is 16.7. The molecule has 60 valence electrons. The maximum atomic E-state index is 5.56. The van der Waals surface area contributed by atoms with Crippen molar-refractivity contribution in [3.05, 3.63) is 0 Å². The lowest BCUT2D eigenvalue weighted by Crippen LogP contribution is -2.15. The van der Waals surface area contributed by atoms with Crippen LogP contribution in [0.25, 0.3) is 0 Å². The Bertz CT molecular complexity index is 104. The van der Waals surface area contributed by atoms with Gasteiger partial charge < -0.3 is 4.74 Å². The molecule has 1 saturated heterocycles. The first kappa shape index (κ1) is 8.92. The van der Waals surface area contributed by atoms with Gasteiger partial charge in [0.15, 0.2) is 3.79 Å². The maximum absolute atomic E-state index is 5.56. The van der Waals surface area contributed by atoms with Crippen LogP contribution in [-0.4, -0.2) is 16.5 Å². The first-order chi connectivity index (χ1) is 4.58. The molecule has 4 heteroatoms. The molecule has 1 fully saturated rings. The standard InChI is InChI=1S/C6H9Cl3O/c7-6(8,9)4-5-2-1-3-10-5/h5H,1-4H2/t5-/m0/s1. The Hall–Kier alpha value is 0.830. The second-order valence-corrected chi connectivity index (χ2v) is 4.97. The Balaban J connectivity index is 2.24. The van der Waals surface area contributed by atoms with Gasteiger partial charge in [-0.05, 0) is 12.8 Å². The van der Waals surface area contributed by atoms with E-state index in [1.54, 1.807) is 0 Å². The van der Waals surface area contributed by atoms with E-state index in [-0.39, 0.29) is 6.10 Å². The average Bonchev–Trinajstić information content (AvgIpc) is 2.12. The van der Waals surface area contributed by atoms with Crippen LogP contribution in [0.5, 0.6) is 0 Å². The predicted molar refractivity (Wildman–Crippen MR) is 43.9 cm³/mol. The van der Waals surface area contributed by atoms with Crippen LogP contribution >= 0.6 is 34.8 Å². The third-order valence-electron chi connectivity index (χ3n) is 1.48. The van der Waals surface area contributed by atoms with Crippen LogP contribution in [0.15, 0.2) is 0 Å². The van der Waals surface area contributed by atoms with Crippen LogP contribution in [0, 0.1) is 0 Å². The summed E-state index contributed by atoms with van der Waals surface area (Å²) < 4.78 is 4.13. The third kappa shape index (κ3) is 3.29. The van der Waals surface area contributed by atoms with Gasteiger partial charge in [-0.25, -0.2) is 0 Å². The van der Waals surface area contributed by atoms with Crippen molar-refractivity contribution in [1.29, 1.82) is 0 Å². The molecule has 1 atom stereocenters. The van der Waals surface area contributed by atoms with Crippen molar-refractivity contribution < 1.29 is 4.74 Å². The molecule has 0 aromatic carbocycles. The number of ether oxygens (including phenoxy) is 1. The molecule has 0 aromatic heterocycles. The summed E-state index contributed by atoms with van der Waals surface area (Å²) in [6.07, 6.45) is 2.78. The van der Waals surface area contributed by atoms with Crippen LogP contribution in [0.1, 0.15) is 19.3 Å². The first-order valence-corrected chi connectivity index (χ1v) is 4.40. The van der Waals surface area contributed by atoms with E-state index in [1.807, 2.05) is 0 Å². The van der Waals surface area contributed by atoms with Gasteiger partial charge in [-0.1, -0.05) is 34.8 Å². The molecule has 0 spiro atoms. The molecule has 1 heterocycles. The highest BCUT2D eigenvalue weighted by Gasteiger charge is 2.27. The average molecular weight is 203 g/mol. The van der Waals surface area contributed by atoms with E-state index in [9.17, 15) is 0 Å². The number of rotatable bonds is 1. The Labute approximate surface area is 75.6 Å². The van der Waals surface area contributed by atoms with Gasteiger partial charge in [0.25, 0.3) is 0 Å². The molecular formula is C6H9Cl3O. The number of hydrogen-bond donors (Lipinski definition) is 0. The zero-order valence-corrected chi connectivity index (χ0v) is 7.72. The van der Waals surface area contributed by atoms with E-state index in [1.165, 1.54) is 0 Å². The molecule has 1 rings (SSSR count). The van der Waals surface area contributed by atoms with E-state index >= 15 is 0 Å². The molecular weight excluding hydrogens is 194 g/mol. The summed E-state index contributed by atoms with van der Waals surface area (Å²) in [5.74, 6) is 0. The summed E-state index contributed by atoms with van der Waals surface area (Å²) in [5.41, 5.74) is 0. The van der Waals surface area contributed by atoms with E-state index < -0.39 is 3.79 Å². The topological polar surface area (TPSA) is 9.23 Å². The van der Waals surface area contributed by atoms with Crippen molar-refractivity contribution in [1.82, 2.24) is 0 Å². The molecule has 1 nitrogen and oxygen atoms in total. The molecule has 0 aliphatic carbocycles. The minimum atomic E-state index is -1.14. The van der Waals surface area contributed by atoms with E-state index in [2.05, 4.69) is 0 Å². The van der Waals surface area contributed by atoms with Crippen molar-refractivity contribution in [3.8, 4) is 0 Å². The molecule has 1 aliphatic heterocycles. The zero-order chi connectivity index (χ0) is 7.61. The smallest absolute Gasteiger partial charge is 0.193 e. The van der Waals surface area contributed by atoms with Gasteiger partial charge in [0.2, 0.25) is 0 Å². The van der Waals surface area contributed by atoms with Gasteiger partial charge in [0.1, 0.15) is 0 Å². The number of hydrogen-bond acceptors (Lipinski definition) is 1. The highest BCUT2D eigenvalue weighted by molar-refractivity contribution is 6.67. The zero-order valence-electron chi connectivity index (χ0n) is 5.45. The normalized spacial score (nSPS) is 27.3. The molecule has 0 N–H and O–H groups in total. The lowest BCUT2D eigenvalue weighted by Gasteiger charge is -2.15. The Morgan fingerprint density at radius 2 is 2.10 bits per heavy atom. The fourth-order valence-corrected chi connectivity index (χ4v) is 1.58. The number of halogens is 3. The van der Waals surface area contributed by atoms with Crippen LogP contribution in [-0.2, 0) is 4.74 Å². The summed E-state index contributed by atoms with van der Waals surface area (Å²) in [5, 5.41) is 0. The van der Waals surface area contributed by atoms with E-state index in [0.717, 1.165) is 19.4 Å². The SMILES string of the molecule is ClC(Cl)(Cl)C[C@@H]1CCCO1. The lowest BCUT2D eigenvalue weighted by molar-refractivity contribution is 0.105. The summed E-state index contributed by atoms with van der Waals surface area (Å²) in [6, 6.07) is 0. The van der Waals surface area contributed by atoms with Gasteiger partial charge in [0, 0.05) is 13.0 Å². The highest BCUT2D eigenvalue weighted by Crippen LogP contribution is 2.34. The molecule has 0 bridgehead atoms. The molecule has 0 amide bonds. The largest absolute Gasteiger partial charge is 0.378 e. The third-order valence-corrected chi connectivity index (χ3v) is 1.95. The van der Waals surface area contributed by atoms with Crippen molar-refractivity contribution >= 4 is 34.8 Å². The van der Waals surface area contributed by atoms with Gasteiger partial charge in [-0.3, -0.25) is 0 Å². The van der Waals surface area contributed by atoms with Gasteiger partial charge in [-0.2, -0.15) is 0 Å². The number of alkyl halides is 3.